The van der Waals surface area contributed by atoms with E-state index in [2.05, 4.69) is 0 Å². The summed E-state index contributed by atoms with van der Waals surface area (Å²) in [5.41, 5.74) is 1.81. The van der Waals surface area contributed by atoms with Crippen LogP contribution in [0.4, 0.5) is 0 Å². The normalized spacial score (nSPS) is 16.2. The van der Waals surface area contributed by atoms with E-state index in [0.29, 0.717) is 10.0 Å². The van der Waals surface area contributed by atoms with Crippen molar-refractivity contribution in [2.45, 2.75) is 25.5 Å². The summed E-state index contributed by atoms with van der Waals surface area (Å²) >= 11 is 12.3. The Labute approximate surface area is 159 Å². The predicted octanol–water partition coefficient (Wildman–Crippen LogP) is 3.61. The van der Waals surface area contributed by atoms with Gasteiger partial charge in [-0.15, -0.1) is 0 Å². The molecule has 0 radical (unpaired) electrons. The molecule has 1 N–H and O–H groups in total. The van der Waals surface area contributed by atoms with Crippen LogP contribution >= 0.6 is 23.2 Å². The first-order chi connectivity index (χ1) is 12.4. The zero-order valence-electron chi connectivity index (χ0n) is 13.8. The summed E-state index contributed by atoms with van der Waals surface area (Å²) in [4.78, 5) is 24.7. The molecule has 1 aliphatic heterocycles. The van der Waals surface area contributed by atoms with Gasteiger partial charge >= 0.3 is 0 Å². The second-order valence-corrected chi connectivity index (χ2v) is 7.36. The third-order valence-corrected chi connectivity index (χ3v) is 5.20. The van der Waals surface area contributed by atoms with Crippen LogP contribution in [0.25, 0.3) is 21.8 Å². The Hall–Kier alpha value is -2.08. The van der Waals surface area contributed by atoms with Crippen LogP contribution in [-0.2, 0) is 16.1 Å². The molecule has 1 saturated heterocycles. The molecule has 2 heterocycles. The molecule has 1 aromatic heterocycles. The monoisotopic (exact) mass is 390 g/mol. The molecule has 0 saturated carbocycles. The highest BCUT2D eigenvalue weighted by molar-refractivity contribution is 6.33. The summed E-state index contributed by atoms with van der Waals surface area (Å²) in [6.07, 6.45) is -0.429. The highest BCUT2D eigenvalue weighted by atomic mass is 35.5. The first-order valence-electron chi connectivity index (χ1n) is 8.32. The molecule has 7 heteroatoms. The lowest BCUT2D eigenvalue weighted by Gasteiger charge is -2.19. The number of aromatic nitrogens is 1. The van der Waals surface area contributed by atoms with Crippen molar-refractivity contribution in [2.24, 2.45) is 0 Å². The summed E-state index contributed by atoms with van der Waals surface area (Å²) in [7, 11) is 0. The fraction of sp³-hybridized carbons (Fsp3) is 0.263. The van der Waals surface area contributed by atoms with Gasteiger partial charge in [-0.3, -0.25) is 14.5 Å². The largest absolute Gasteiger partial charge is 0.389 e. The molecule has 134 valence electrons. The number of nitrogens with zero attached hydrogens (tertiary/aromatic N) is 2. The van der Waals surface area contributed by atoms with E-state index in [4.69, 9.17) is 23.2 Å². The van der Waals surface area contributed by atoms with Gasteiger partial charge in [-0.25, -0.2) is 0 Å². The molecule has 4 rings (SSSR count). The molecule has 1 atom stereocenters. The Morgan fingerprint density at radius 1 is 0.885 bits per heavy atom. The third kappa shape index (κ3) is 2.96. The molecule has 5 nitrogen and oxygen atoms in total. The van der Waals surface area contributed by atoms with Crippen molar-refractivity contribution in [3.63, 3.8) is 0 Å². The van der Waals surface area contributed by atoms with Gasteiger partial charge in [-0.05, 0) is 36.4 Å². The molecule has 3 aromatic rings. The predicted molar refractivity (Wildman–Crippen MR) is 101 cm³/mol. The quantitative estimate of drug-likeness (QED) is 0.692. The van der Waals surface area contributed by atoms with E-state index in [1.165, 1.54) is 0 Å². The maximum absolute atomic E-state index is 11.8. The van der Waals surface area contributed by atoms with Crippen molar-refractivity contribution in [1.29, 1.82) is 0 Å². The Bertz CT molecular complexity index is 969. The van der Waals surface area contributed by atoms with E-state index in [1.54, 1.807) is 12.1 Å². The van der Waals surface area contributed by atoms with Crippen molar-refractivity contribution in [3.8, 4) is 0 Å². The first-order valence-corrected chi connectivity index (χ1v) is 9.08. The van der Waals surface area contributed by atoms with Gasteiger partial charge < -0.3 is 9.67 Å². The number of halogens is 2. The molecule has 0 spiro atoms. The second kappa shape index (κ2) is 6.58. The summed E-state index contributed by atoms with van der Waals surface area (Å²) in [5.74, 6) is -0.454. The van der Waals surface area contributed by atoms with Gasteiger partial charge in [0.1, 0.15) is 0 Å². The average Bonchev–Trinajstić information content (AvgIpc) is 3.07. The number of aliphatic hydroxyl groups excluding tert-OH is 1. The van der Waals surface area contributed by atoms with Crippen molar-refractivity contribution >= 4 is 56.8 Å². The Morgan fingerprint density at radius 3 is 1.88 bits per heavy atom. The number of carbonyl (C=O) groups excluding carboxylic acids is 2. The molecule has 0 bridgehead atoms. The van der Waals surface area contributed by atoms with Gasteiger partial charge in [-0.2, -0.15) is 0 Å². The van der Waals surface area contributed by atoms with Crippen LogP contribution in [0, 0.1) is 0 Å². The number of hydrogen-bond donors (Lipinski definition) is 1. The van der Waals surface area contributed by atoms with Crippen molar-refractivity contribution in [3.05, 3.63) is 46.4 Å². The molecule has 26 heavy (non-hydrogen) atoms. The number of fused-ring (bicyclic) bond motifs is 3. The summed E-state index contributed by atoms with van der Waals surface area (Å²) in [5, 5.41) is 13.6. The first kappa shape index (κ1) is 17.3. The lowest BCUT2D eigenvalue weighted by Crippen LogP contribution is -2.38. The Balaban J connectivity index is 1.73. The number of amides is 2. The van der Waals surface area contributed by atoms with Crippen LogP contribution in [0.3, 0.4) is 0 Å². The van der Waals surface area contributed by atoms with E-state index < -0.39 is 6.10 Å². The van der Waals surface area contributed by atoms with Gasteiger partial charge in [0, 0.05) is 44.7 Å². The van der Waals surface area contributed by atoms with Crippen molar-refractivity contribution in [2.75, 3.05) is 6.54 Å². The van der Waals surface area contributed by atoms with Crippen LogP contribution < -0.4 is 0 Å². The maximum Gasteiger partial charge on any atom is 0.229 e. The number of aliphatic hydroxyl groups is 1. The van der Waals surface area contributed by atoms with Crippen LogP contribution in [0.2, 0.25) is 10.0 Å². The summed E-state index contributed by atoms with van der Waals surface area (Å²) < 4.78 is 1.97. The number of rotatable bonds is 4. The number of hydrogen-bond acceptors (Lipinski definition) is 3. The number of β-amino-alcohol motifs (C(OH)–C–C–N with tert-alkyl or cyclic N) is 1. The Kier molecular flexibility index (Phi) is 4.39. The van der Waals surface area contributed by atoms with Crippen LogP contribution in [-0.4, -0.2) is 39.0 Å². The van der Waals surface area contributed by atoms with Crippen molar-refractivity contribution < 1.29 is 14.7 Å². The zero-order valence-corrected chi connectivity index (χ0v) is 15.3. The lowest BCUT2D eigenvalue weighted by molar-refractivity contribution is -0.140. The smallest absolute Gasteiger partial charge is 0.229 e. The minimum Gasteiger partial charge on any atom is -0.389 e. The van der Waals surface area contributed by atoms with E-state index in [-0.39, 0.29) is 37.7 Å². The Morgan fingerprint density at radius 2 is 1.38 bits per heavy atom. The summed E-state index contributed by atoms with van der Waals surface area (Å²) in [6, 6.07) is 11.1. The number of carbonyl (C=O) groups is 2. The molecule has 2 aromatic carbocycles. The van der Waals surface area contributed by atoms with E-state index in [0.717, 1.165) is 26.7 Å². The fourth-order valence-corrected chi connectivity index (χ4v) is 3.90. The molecule has 1 fully saturated rings. The molecular weight excluding hydrogens is 375 g/mol. The summed E-state index contributed by atoms with van der Waals surface area (Å²) in [6.45, 7) is 0.250. The maximum atomic E-state index is 11.8. The van der Waals surface area contributed by atoms with Gasteiger partial charge in [0.2, 0.25) is 11.8 Å². The molecule has 1 aliphatic rings. The van der Waals surface area contributed by atoms with Crippen LogP contribution in [0.5, 0.6) is 0 Å². The molecule has 0 unspecified atom stereocenters. The lowest BCUT2D eigenvalue weighted by atomic mass is 10.1. The van der Waals surface area contributed by atoms with Gasteiger partial charge in [-0.1, -0.05) is 23.2 Å². The highest BCUT2D eigenvalue weighted by Gasteiger charge is 2.30. The van der Waals surface area contributed by atoms with E-state index in [9.17, 15) is 14.7 Å². The number of likely N-dealkylation sites (tertiary alicyclic amines) is 1. The third-order valence-electron chi connectivity index (χ3n) is 4.73. The minimum atomic E-state index is -0.869. The molecule has 0 aliphatic carbocycles. The van der Waals surface area contributed by atoms with Crippen molar-refractivity contribution in [1.82, 2.24) is 9.47 Å². The van der Waals surface area contributed by atoms with E-state index in [1.807, 2.05) is 28.8 Å². The van der Waals surface area contributed by atoms with Crippen LogP contribution in [0.15, 0.2) is 36.4 Å². The fourth-order valence-electron chi connectivity index (χ4n) is 3.55. The molecule has 2 amide bonds. The van der Waals surface area contributed by atoms with Gasteiger partial charge in [0.05, 0.1) is 19.2 Å². The molecular formula is C19H16Cl2N2O3. The number of imide groups is 1. The SMILES string of the molecule is O=C1CCC(=O)N1C[C@H](O)Cn1c2ccc(Cl)cc2c2cc(Cl)ccc21. The highest BCUT2D eigenvalue weighted by Crippen LogP contribution is 2.33. The number of benzene rings is 2. The average molecular weight is 391 g/mol. The second-order valence-electron chi connectivity index (χ2n) is 6.49. The topological polar surface area (TPSA) is 62.5 Å². The standard InChI is InChI=1S/C19H16Cl2N2O3/c20-11-1-3-16-14(7-11)15-8-12(21)2-4-17(15)22(16)9-13(24)10-23-18(25)5-6-19(23)26/h1-4,7-8,13,24H,5-6,9-10H2/t13-/m1/s1. The van der Waals surface area contributed by atoms with Crippen LogP contribution in [0.1, 0.15) is 12.8 Å². The zero-order chi connectivity index (χ0) is 18.4. The van der Waals surface area contributed by atoms with Gasteiger partial charge in [0.15, 0.2) is 0 Å². The van der Waals surface area contributed by atoms with E-state index >= 15 is 0 Å². The minimum absolute atomic E-state index is 0.0000127. The van der Waals surface area contributed by atoms with Gasteiger partial charge in [0.25, 0.3) is 0 Å².